The van der Waals surface area contributed by atoms with Gasteiger partial charge in [0.05, 0.1) is 11.7 Å². The fraction of sp³-hybridized carbons (Fsp3) is 0.333. The number of benzene rings is 1. The van der Waals surface area contributed by atoms with Gasteiger partial charge in [0.25, 0.3) is 5.91 Å². The minimum atomic E-state index is -0.0177. The van der Waals surface area contributed by atoms with Crippen molar-refractivity contribution >= 4 is 23.0 Å². The number of anilines is 1. The van der Waals surface area contributed by atoms with E-state index < -0.39 is 0 Å². The molecule has 1 atom stereocenters. The molecule has 1 aromatic carbocycles. The minimum Gasteiger partial charge on any atom is -0.343 e. The van der Waals surface area contributed by atoms with E-state index >= 15 is 0 Å². The quantitative estimate of drug-likeness (QED) is 0.702. The smallest absolute Gasteiger partial charge is 0.258 e. The van der Waals surface area contributed by atoms with Crippen molar-refractivity contribution < 1.29 is 9.59 Å². The van der Waals surface area contributed by atoms with Crippen LogP contribution in [0.5, 0.6) is 0 Å². The number of para-hydroxylation sites is 1. The minimum absolute atomic E-state index is 0.0177. The van der Waals surface area contributed by atoms with Crippen molar-refractivity contribution in [1.82, 2.24) is 19.7 Å². The molecule has 1 saturated heterocycles. The normalized spacial score (nSPS) is 18.9. The van der Waals surface area contributed by atoms with Gasteiger partial charge in [0.2, 0.25) is 5.91 Å². The Labute approximate surface area is 162 Å². The maximum absolute atomic E-state index is 13.2. The number of aromatic nitrogens is 3. The molecule has 1 unspecified atom stereocenters. The van der Waals surface area contributed by atoms with Crippen molar-refractivity contribution in [1.29, 1.82) is 0 Å². The lowest BCUT2D eigenvalue weighted by Crippen LogP contribution is -2.31. The van der Waals surface area contributed by atoms with Gasteiger partial charge in [-0.15, -0.1) is 5.10 Å². The van der Waals surface area contributed by atoms with Gasteiger partial charge < -0.3 is 9.80 Å². The molecule has 4 heterocycles. The zero-order valence-electron chi connectivity index (χ0n) is 15.5. The molecule has 0 saturated carbocycles. The monoisotopic (exact) mass is 375 g/mol. The summed E-state index contributed by atoms with van der Waals surface area (Å²) in [5, 5.41) is 7.81. The largest absolute Gasteiger partial charge is 0.343 e. The van der Waals surface area contributed by atoms with E-state index in [1.54, 1.807) is 23.0 Å². The fourth-order valence-electron chi connectivity index (χ4n) is 4.30. The number of hydrogen-bond donors (Lipinski definition) is 0. The number of amides is 2. The third-order valence-electron chi connectivity index (χ3n) is 5.78. The molecule has 1 fully saturated rings. The average Bonchev–Trinajstić information content (AvgIpc) is 3.43. The Bertz CT molecular complexity index is 1060. The molecule has 3 aromatic rings. The van der Waals surface area contributed by atoms with Crippen LogP contribution in [-0.4, -0.2) is 51.2 Å². The van der Waals surface area contributed by atoms with Gasteiger partial charge in [0.15, 0.2) is 0 Å². The molecule has 7 heteroatoms. The van der Waals surface area contributed by atoms with E-state index in [1.807, 2.05) is 34.1 Å². The van der Waals surface area contributed by atoms with Crippen LogP contribution in [-0.2, 0) is 4.79 Å². The first-order chi connectivity index (χ1) is 13.7. The van der Waals surface area contributed by atoms with E-state index in [2.05, 4.69) is 16.4 Å². The summed E-state index contributed by atoms with van der Waals surface area (Å²) in [5.74, 6) is 0.478. The Kier molecular flexibility index (Phi) is 4.07. The number of hydrogen-bond acceptors (Lipinski definition) is 4. The van der Waals surface area contributed by atoms with E-state index in [0.29, 0.717) is 18.5 Å². The maximum atomic E-state index is 13.2. The van der Waals surface area contributed by atoms with Crippen molar-refractivity contribution in [3.63, 3.8) is 0 Å². The molecule has 2 aromatic heterocycles. The standard InChI is InChI=1S/C21H21N5O2/c27-20-6-3-9-24(20)10-7-16-14-25(19-5-2-1-4-18(16)19)21(28)15-8-11-26-17(12-15)13-22-23-26/h1-2,4-5,8,11-13,16H,3,6-7,9-10,14H2. The van der Waals surface area contributed by atoms with Crippen molar-refractivity contribution in [2.75, 3.05) is 24.5 Å². The Balaban J connectivity index is 1.39. The molecule has 0 bridgehead atoms. The highest BCUT2D eigenvalue weighted by atomic mass is 16.2. The molecule has 0 aliphatic carbocycles. The van der Waals surface area contributed by atoms with Gasteiger partial charge in [-0.3, -0.25) is 9.59 Å². The highest BCUT2D eigenvalue weighted by Crippen LogP contribution is 2.39. The highest BCUT2D eigenvalue weighted by molar-refractivity contribution is 6.08. The molecular formula is C21H21N5O2. The van der Waals surface area contributed by atoms with E-state index in [0.717, 1.165) is 37.1 Å². The number of likely N-dealkylation sites (tertiary alicyclic amines) is 1. The summed E-state index contributed by atoms with van der Waals surface area (Å²) < 4.78 is 1.64. The van der Waals surface area contributed by atoms with Crippen LogP contribution in [0.1, 0.15) is 41.1 Å². The second kappa shape index (κ2) is 6.74. The van der Waals surface area contributed by atoms with Gasteiger partial charge in [0, 0.05) is 49.4 Å². The fourth-order valence-corrected chi connectivity index (χ4v) is 4.30. The summed E-state index contributed by atoms with van der Waals surface area (Å²) in [6.07, 6.45) is 5.89. The second-order valence-electron chi connectivity index (χ2n) is 7.46. The van der Waals surface area contributed by atoms with Gasteiger partial charge in [-0.1, -0.05) is 23.4 Å². The number of rotatable bonds is 4. The maximum Gasteiger partial charge on any atom is 0.258 e. The molecular weight excluding hydrogens is 354 g/mol. The van der Waals surface area contributed by atoms with Crippen LogP contribution in [0.4, 0.5) is 5.69 Å². The van der Waals surface area contributed by atoms with Crippen LogP contribution in [0, 0.1) is 0 Å². The lowest BCUT2D eigenvalue weighted by molar-refractivity contribution is -0.127. The molecule has 5 rings (SSSR count). The van der Waals surface area contributed by atoms with Gasteiger partial charge in [-0.25, -0.2) is 4.52 Å². The third kappa shape index (κ3) is 2.83. The van der Waals surface area contributed by atoms with Gasteiger partial charge >= 0.3 is 0 Å². The Morgan fingerprint density at radius 2 is 2.11 bits per heavy atom. The number of nitrogens with zero attached hydrogens (tertiary/aromatic N) is 5. The summed E-state index contributed by atoms with van der Waals surface area (Å²) in [4.78, 5) is 29.0. The number of pyridine rings is 1. The Morgan fingerprint density at radius 1 is 1.21 bits per heavy atom. The van der Waals surface area contributed by atoms with Gasteiger partial charge in [-0.2, -0.15) is 0 Å². The van der Waals surface area contributed by atoms with Gasteiger partial charge in [-0.05, 0) is 36.6 Å². The van der Waals surface area contributed by atoms with E-state index in [1.165, 1.54) is 5.56 Å². The highest BCUT2D eigenvalue weighted by Gasteiger charge is 2.33. The Hall–Kier alpha value is -3.22. The molecule has 7 nitrogen and oxygen atoms in total. The van der Waals surface area contributed by atoms with Crippen LogP contribution in [0.25, 0.3) is 5.52 Å². The molecule has 2 aliphatic rings. The summed E-state index contributed by atoms with van der Waals surface area (Å²) in [7, 11) is 0. The topological polar surface area (TPSA) is 70.8 Å². The zero-order chi connectivity index (χ0) is 19.1. The zero-order valence-corrected chi connectivity index (χ0v) is 15.5. The van der Waals surface area contributed by atoms with E-state index in [9.17, 15) is 9.59 Å². The van der Waals surface area contributed by atoms with Crippen LogP contribution < -0.4 is 4.90 Å². The predicted octanol–water partition coefficient (Wildman–Crippen LogP) is 2.49. The summed E-state index contributed by atoms with van der Waals surface area (Å²) in [6, 6.07) is 11.7. The summed E-state index contributed by atoms with van der Waals surface area (Å²) in [6.45, 7) is 2.26. The molecule has 0 spiro atoms. The first-order valence-corrected chi connectivity index (χ1v) is 9.69. The number of carbonyl (C=O) groups is 2. The molecule has 142 valence electrons. The van der Waals surface area contributed by atoms with Gasteiger partial charge in [0.1, 0.15) is 0 Å². The summed E-state index contributed by atoms with van der Waals surface area (Å²) >= 11 is 0. The van der Waals surface area contributed by atoms with Crippen LogP contribution in [0.3, 0.4) is 0 Å². The van der Waals surface area contributed by atoms with Crippen molar-refractivity contribution in [2.24, 2.45) is 0 Å². The van der Waals surface area contributed by atoms with Crippen molar-refractivity contribution in [2.45, 2.75) is 25.2 Å². The Morgan fingerprint density at radius 3 is 2.96 bits per heavy atom. The SMILES string of the molecule is O=C1CCCN1CCC1CN(C(=O)c2ccn3nncc3c2)c2ccccc21. The lowest BCUT2D eigenvalue weighted by Gasteiger charge is -2.20. The molecule has 0 radical (unpaired) electrons. The number of carbonyl (C=O) groups excluding carboxylic acids is 2. The lowest BCUT2D eigenvalue weighted by atomic mass is 9.98. The van der Waals surface area contributed by atoms with Crippen LogP contribution in [0.15, 0.2) is 48.8 Å². The van der Waals surface area contributed by atoms with Crippen LogP contribution in [0.2, 0.25) is 0 Å². The predicted molar refractivity (Wildman–Crippen MR) is 104 cm³/mol. The molecule has 2 amide bonds. The average molecular weight is 375 g/mol. The van der Waals surface area contributed by atoms with E-state index in [-0.39, 0.29) is 17.7 Å². The molecule has 28 heavy (non-hydrogen) atoms. The summed E-state index contributed by atoms with van der Waals surface area (Å²) in [5.41, 5.74) is 3.58. The van der Waals surface area contributed by atoms with Crippen molar-refractivity contribution in [3.8, 4) is 0 Å². The number of fused-ring (bicyclic) bond motifs is 2. The van der Waals surface area contributed by atoms with Crippen LogP contribution >= 0.6 is 0 Å². The van der Waals surface area contributed by atoms with E-state index in [4.69, 9.17) is 0 Å². The second-order valence-corrected chi connectivity index (χ2v) is 7.46. The first kappa shape index (κ1) is 16.9. The third-order valence-corrected chi connectivity index (χ3v) is 5.78. The first-order valence-electron chi connectivity index (χ1n) is 9.69. The van der Waals surface area contributed by atoms with Crippen molar-refractivity contribution in [3.05, 3.63) is 59.9 Å². The molecule has 0 N–H and O–H groups in total. The molecule has 2 aliphatic heterocycles.